The van der Waals surface area contributed by atoms with Crippen molar-refractivity contribution in [3.05, 3.63) is 34.9 Å². The lowest BCUT2D eigenvalue weighted by Crippen LogP contribution is -2.31. The van der Waals surface area contributed by atoms with Crippen molar-refractivity contribution < 1.29 is 8.42 Å². The molecule has 108 valence electrons. The Labute approximate surface area is 117 Å². The minimum atomic E-state index is -3.16. The van der Waals surface area contributed by atoms with Gasteiger partial charge in [-0.15, -0.1) is 0 Å². The van der Waals surface area contributed by atoms with E-state index < -0.39 is 15.9 Å². The van der Waals surface area contributed by atoms with Crippen LogP contribution in [-0.2, 0) is 9.84 Å². The molecule has 1 rings (SSSR count). The van der Waals surface area contributed by atoms with Crippen molar-refractivity contribution in [1.82, 2.24) is 0 Å². The van der Waals surface area contributed by atoms with Gasteiger partial charge in [-0.2, -0.15) is 0 Å². The van der Waals surface area contributed by atoms with E-state index in [0.717, 1.165) is 16.7 Å². The SMILES string of the molecule is Cc1ccc(C(N)CS(=O)(=O)C(C)C(C)C)c(C)c1. The summed E-state index contributed by atoms with van der Waals surface area (Å²) in [5, 5.41) is -0.357. The molecule has 0 bridgehead atoms. The molecule has 0 aliphatic rings. The molecule has 0 saturated carbocycles. The van der Waals surface area contributed by atoms with Crippen LogP contribution in [0.3, 0.4) is 0 Å². The van der Waals surface area contributed by atoms with Crippen LogP contribution in [0.4, 0.5) is 0 Å². The van der Waals surface area contributed by atoms with Gasteiger partial charge in [-0.1, -0.05) is 37.6 Å². The van der Waals surface area contributed by atoms with Crippen LogP contribution in [-0.4, -0.2) is 19.4 Å². The normalized spacial score (nSPS) is 15.5. The first kappa shape index (κ1) is 16.2. The van der Waals surface area contributed by atoms with Crippen molar-refractivity contribution in [1.29, 1.82) is 0 Å². The molecule has 0 aromatic heterocycles. The summed E-state index contributed by atoms with van der Waals surface area (Å²) in [6, 6.07) is 5.49. The molecule has 0 radical (unpaired) electrons. The number of rotatable bonds is 5. The molecular formula is C15H25NO2S. The lowest BCUT2D eigenvalue weighted by Gasteiger charge is -2.20. The standard InChI is InChI=1S/C15H25NO2S/c1-10(2)13(5)19(17,18)9-15(16)14-7-6-11(3)8-12(14)4/h6-8,10,13,15H,9,16H2,1-5H3. The Balaban J connectivity index is 2.94. The third-order valence-corrected chi connectivity index (χ3v) is 6.24. The molecule has 0 heterocycles. The molecule has 3 nitrogen and oxygen atoms in total. The lowest BCUT2D eigenvalue weighted by molar-refractivity contribution is 0.540. The van der Waals surface area contributed by atoms with Crippen molar-refractivity contribution >= 4 is 9.84 Å². The van der Waals surface area contributed by atoms with Crippen molar-refractivity contribution in [2.45, 2.75) is 45.9 Å². The molecule has 4 heteroatoms. The van der Waals surface area contributed by atoms with Crippen LogP contribution in [0.25, 0.3) is 0 Å². The van der Waals surface area contributed by atoms with Crippen molar-refractivity contribution in [3.63, 3.8) is 0 Å². The maximum Gasteiger partial charge on any atom is 0.155 e. The Morgan fingerprint density at radius 2 is 1.74 bits per heavy atom. The summed E-state index contributed by atoms with van der Waals surface area (Å²) in [5.41, 5.74) is 9.23. The van der Waals surface area contributed by atoms with E-state index in [1.807, 2.05) is 45.9 Å². The molecule has 1 aromatic carbocycles. The van der Waals surface area contributed by atoms with E-state index in [4.69, 9.17) is 5.73 Å². The van der Waals surface area contributed by atoms with Crippen molar-refractivity contribution in [2.24, 2.45) is 11.7 Å². The summed E-state index contributed by atoms with van der Waals surface area (Å²) in [5.74, 6) is 0.118. The third kappa shape index (κ3) is 4.05. The van der Waals surface area contributed by atoms with E-state index in [-0.39, 0.29) is 16.9 Å². The van der Waals surface area contributed by atoms with E-state index in [9.17, 15) is 8.42 Å². The largest absolute Gasteiger partial charge is 0.323 e. The maximum absolute atomic E-state index is 12.3. The van der Waals surface area contributed by atoms with Gasteiger partial charge in [-0.3, -0.25) is 0 Å². The third-order valence-electron chi connectivity index (χ3n) is 3.74. The smallest absolute Gasteiger partial charge is 0.155 e. The maximum atomic E-state index is 12.3. The molecule has 0 fully saturated rings. The number of hydrogen-bond donors (Lipinski definition) is 1. The fraction of sp³-hybridized carbons (Fsp3) is 0.600. The molecule has 0 aliphatic carbocycles. The summed E-state index contributed by atoms with van der Waals surface area (Å²) in [6.07, 6.45) is 0. The highest BCUT2D eigenvalue weighted by Gasteiger charge is 2.27. The number of aryl methyl sites for hydroxylation is 2. The molecule has 0 spiro atoms. The van der Waals surface area contributed by atoms with Gasteiger partial charge in [0.25, 0.3) is 0 Å². The molecule has 19 heavy (non-hydrogen) atoms. The molecule has 2 atom stereocenters. The number of sulfone groups is 1. The van der Waals surface area contributed by atoms with Crippen LogP contribution in [0.5, 0.6) is 0 Å². The molecule has 0 aliphatic heterocycles. The predicted octanol–water partition coefficient (Wildman–Crippen LogP) is 2.76. The zero-order valence-electron chi connectivity index (χ0n) is 12.5. The fourth-order valence-corrected chi connectivity index (χ4v) is 3.96. The van der Waals surface area contributed by atoms with Crippen LogP contribution in [0.2, 0.25) is 0 Å². The van der Waals surface area contributed by atoms with Gasteiger partial charge in [-0.25, -0.2) is 8.42 Å². The summed E-state index contributed by atoms with van der Waals surface area (Å²) in [4.78, 5) is 0. The van der Waals surface area contributed by atoms with Gasteiger partial charge < -0.3 is 5.73 Å². The second kappa shape index (κ2) is 6.06. The average Bonchev–Trinajstić information content (AvgIpc) is 2.26. The number of hydrogen-bond acceptors (Lipinski definition) is 3. The highest BCUT2D eigenvalue weighted by Crippen LogP contribution is 2.22. The fourth-order valence-electron chi connectivity index (χ4n) is 2.15. The number of nitrogens with two attached hydrogens (primary N) is 1. The Morgan fingerprint density at radius 3 is 2.21 bits per heavy atom. The number of benzene rings is 1. The zero-order chi connectivity index (χ0) is 14.8. The first-order valence-corrected chi connectivity index (χ1v) is 8.41. The summed E-state index contributed by atoms with van der Waals surface area (Å²) < 4.78 is 24.5. The van der Waals surface area contributed by atoms with Crippen LogP contribution in [0.15, 0.2) is 18.2 Å². The monoisotopic (exact) mass is 283 g/mol. The topological polar surface area (TPSA) is 60.2 Å². The Morgan fingerprint density at radius 1 is 1.16 bits per heavy atom. The van der Waals surface area contributed by atoms with E-state index in [1.54, 1.807) is 6.92 Å². The highest BCUT2D eigenvalue weighted by molar-refractivity contribution is 7.92. The Bertz CT molecular complexity index is 535. The van der Waals surface area contributed by atoms with Crippen molar-refractivity contribution in [2.75, 3.05) is 5.75 Å². The minimum absolute atomic E-state index is 0.0102. The van der Waals surface area contributed by atoms with Gasteiger partial charge in [0.05, 0.1) is 11.0 Å². The summed E-state index contributed by atoms with van der Waals surface area (Å²) in [7, 11) is -3.16. The van der Waals surface area contributed by atoms with Gasteiger partial charge in [0.1, 0.15) is 0 Å². The van der Waals surface area contributed by atoms with Crippen LogP contribution in [0.1, 0.15) is 43.5 Å². The van der Waals surface area contributed by atoms with Gasteiger partial charge >= 0.3 is 0 Å². The van der Waals surface area contributed by atoms with Gasteiger partial charge in [-0.05, 0) is 37.8 Å². The summed E-state index contributed by atoms with van der Waals surface area (Å²) in [6.45, 7) is 9.59. The molecule has 0 saturated heterocycles. The van der Waals surface area contributed by atoms with E-state index in [2.05, 4.69) is 0 Å². The Hall–Kier alpha value is -0.870. The molecule has 0 amide bonds. The molecular weight excluding hydrogens is 258 g/mol. The first-order valence-electron chi connectivity index (χ1n) is 6.69. The van der Waals surface area contributed by atoms with E-state index in [1.165, 1.54) is 0 Å². The zero-order valence-corrected chi connectivity index (χ0v) is 13.3. The van der Waals surface area contributed by atoms with Crippen LogP contribution < -0.4 is 5.73 Å². The second-order valence-electron chi connectivity index (χ2n) is 5.75. The molecule has 2 unspecified atom stereocenters. The second-order valence-corrected chi connectivity index (χ2v) is 8.15. The predicted molar refractivity (Wildman–Crippen MR) is 80.9 cm³/mol. The summed E-state index contributed by atoms with van der Waals surface area (Å²) >= 11 is 0. The molecule has 1 aromatic rings. The minimum Gasteiger partial charge on any atom is -0.323 e. The van der Waals surface area contributed by atoms with Gasteiger partial charge in [0.2, 0.25) is 0 Å². The quantitative estimate of drug-likeness (QED) is 0.904. The van der Waals surface area contributed by atoms with Gasteiger partial charge in [0, 0.05) is 6.04 Å². The average molecular weight is 283 g/mol. The first-order chi connectivity index (χ1) is 8.65. The highest BCUT2D eigenvalue weighted by atomic mass is 32.2. The van der Waals surface area contributed by atoms with Crippen molar-refractivity contribution in [3.8, 4) is 0 Å². The van der Waals surface area contributed by atoms with E-state index in [0.29, 0.717) is 0 Å². The van der Waals surface area contributed by atoms with Gasteiger partial charge in [0.15, 0.2) is 9.84 Å². The van der Waals surface area contributed by atoms with Crippen LogP contribution in [0, 0.1) is 19.8 Å². The Kier molecular flexibility index (Phi) is 5.16. The van der Waals surface area contributed by atoms with E-state index >= 15 is 0 Å². The lowest BCUT2D eigenvalue weighted by atomic mass is 10.0. The van der Waals surface area contributed by atoms with Crippen LogP contribution >= 0.6 is 0 Å². The molecule has 2 N–H and O–H groups in total.